The second-order valence-electron chi connectivity index (χ2n) is 8.72. The smallest absolute Gasteiger partial charge is 0.273 e. The summed E-state index contributed by atoms with van der Waals surface area (Å²) < 4.78 is 6.52. The molecule has 2 aromatic rings. The Morgan fingerprint density at radius 2 is 2.13 bits per heavy atom. The van der Waals surface area contributed by atoms with Gasteiger partial charge in [-0.05, 0) is 17.5 Å². The van der Waals surface area contributed by atoms with E-state index in [-0.39, 0.29) is 30.5 Å². The van der Waals surface area contributed by atoms with Gasteiger partial charge in [0.25, 0.3) is 5.91 Å². The molecule has 3 aliphatic heterocycles. The first kappa shape index (κ1) is 19.9. The summed E-state index contributed by atoms with van der Waals surface area (Å²) in [4.78, 5) is 21.5. The van der Waals surface area contributed by atoms with Crippen LogP contribution in [0.4, 0.5) is 5.13 Å². The van der Waals surface area contributed by atoms with Crippen molar-refractivity contribution in [2.75, 3.05) is 38.5 Å². The number of aromatic nitrogens is 1. The lowest BCUT2D eigenvalue weighted by atomic mass is 9.83. The number of fused-ring (bicyclic) bond motifs is 1. The largest absolute Gasteiger partial charge is 0.396 e. The van der Waals surface area contributed by atoms with Crippen LogP contribution in [0.3, 0.4) is 0 Å². The van der Waals surface area contributed by atoms with Gasteiger partial charge in [-0.2, -0.15) is 0 Å². The highest BCUT2D eigenvalue weighted by atomic mass is 32.1. The summed E-state index contributed by atoms with van der Waals surface area (Å²) in [5.41, 5.74) is 8.42. The summed E-state index contributed by atoms with van der Waals surface area (Å²) in [6.45, 7) is 5.82. The Bertz CT molecular complexity index is 950. The third kappa shape index (κ3) is 3.22. The average molecular weight is 429 g/mol. The summed E-state index contributed by atoms with van der Waals surface area (Å²) in [5, 5.41) is 12.3. The Balaban J connectivity index is 1.38. The van der Waals surface area contributed by atoms with Gasteiger partial charge in [0, 0.05) is 50.0 Å². The maximum absolute atomic E-state index is 13.1. The molecular weight excluding hydrogens is 400 g/mol. The number of ether oxygens (including phenoxy) is 1. The van der Waals surface area contributed by atoms with Crippen molar-refractivity contribution in [3.63, 3.8) is 0 Å². The van der Waals surface area contributed by atoms with Gasteiger partial charge in [0.1, 0.15) is 11.3 Å². The molecule has 1 aromatic carbocycles. The fourth-order valence-electron chi connectivity index (χ4n) is 5.65. The number of carbonyl (C=O) groups excluding carboxylic acids is 1. The van der Waals surface area contributed by atoms with Gasteiger partial charge in [-0.3, -0.25) is 9.69 Å². The van der Waals surface area contributed by atoms with E-state index in [0.29, 0.717) is 23.9 Å². The van der Waals surface area contributed by atoms with Gasteiger partial charge >= 0.3 is 0 Å². The molecule has 5 rings (SSSR count). The van der Waals surface area contributed by atoms with Crippen molar-refractivity contribution < 1.29 is 14.6 Å². The van der Waals surface area contributed by atoms with Gasteiger partial charge in [0.2, 0.25) is 0 Å². The van der Waals surface area contributed by atoms with E-state index in [1.54, 1.807) is 5.38 Å². The van der Waals surface area contributed by atoms with Gasteiger partial charge in [-0.1, -0.05) is 31.2 Å². The van der Waals surface area contributed by atoms with Gasteiger partial charge < -0.3 is 20.5 Å². The van der Waals surface area contributed by atoms with Crippen molar-refractivity contribution in [1.82, 2.24) is 14.8 Å². The molecule has 4 atom stereocenters. The van der Waals surface area contributed by atoms with Crippen molar-refractivity contribution in [3.8, 4) is 0 Å². The highest BCUT2D eigenvalue weighted by molar-refractivity contribution is 7.13. The van der Waals surface area contributed by atoms with Crippen LogP contribution in [0.1, 0.15) is 28.5 Å². The topological polar surface area (TPSA) is 91.9 Å². The Morgan fingerprint density at radius 3 is 2.83 bits per heavy atom. The zero-order valence-electron chi connectivity index (χ0n) is 17.2. The number of hydrogen-bond donors (Lipinski definition) is 2. The number of aliphatic hydroxyl groups excluding tert-OH is 1. The summed E-state index contributed by atoms with van der Waals surface area (Å²) in [6, 6.07) is 8.56. The number of benzene rings is 1. The quantitative estimate of drug-likeness (QED) is 0.752. The number of likely N-dealkylation sites (tertiary alicyclic amines) is 2. The van der Waals surface area contributed by atoms with E-state index in [2.05, 4.69) is 41.1 Å². The second-order valence-corrected chi connectivity index (χ2v) is 9.61. The van der Waals surface area contributed by atoms with Crippen LogP contribution in [0.2, 0.25) is 0 Å². The van der Waals surface area contributed by atoms with Crippen LogP contribution in [-0.2, 0) is 17.7 Å². The number of aliphatic hydroxyl groups is 1. The minimum absolute atomic E-state index is 0.0507. The molecule has 0 radical (unpaired) electrons. The number of anilines is 1. The molecule has 7 nitrogen and oxygen atoms in total. The molecule has 8 heteroatoms. The normalized spacial score (nSPS) is 30.6. The van der Waals surface area contributed by atoms with Crippen LogP contribution in [0.5, 0.6) is 0 Å². The maximum atomic E-state index is 13.1. The standard InChI is InChI=1S/C22H28N4O3S/c1-2-14-5-3-4-6-15(14)7-25-8-17-16(10-27)19-9-26(13-22(17,12-25)29-19)20(28)18-11-30-21(23)24-18/h3-6,11,16-17,19,27H,2,7-10,12-13H2,1H3,(H2,23,24)/t16-,17+,19+,22-/m0/s1. The lowest BCUT2D eigenvalue weighted by Gasteiger charge is -2.40. The summed E-state index contributed by atoms with van der Waals surface area (Å²) >= 11 is 1.28. The molecule has 0 saturated carbocycles. The highest BCUT2D eigenvalue weighted by Gasteiger charge is 2.62. The SMILES string of the molecule is CCc1ccccc1CN1C[C@@H]2[C@H](CO)[C@H]3CN(C(=O)c4csc(N)n4)C[C@]2(C1)O3. The molecule has 3 N–H and O–H groups in total. The number of nitrogens with zero attached hydrogens (tertiary/aromatic N) is 3. The van der Waals surface area contributed by atoms with E-state index >= 15 is 0 Å². The number of carbonyl (C=O) groups is 1. The number of nitrogen functional groups attached to an aromatic ring is 1. The predicted octanol–water partition coefficient (Wildman–Crippen LogP) is 1.62. The Hall–Kier alpha value is -2.00. The van der Waals surface area contributed by atoms with Gasteiger partial charge in [0.15, 0.2) is 5.13 Å². The summed E-state index contributed by atoms with van der Waals surface area (Å²) in [6.07, 6.45) is 0.883. The van der Waals surface area contributed by atoms with Crippen LogP contribution in [-0.4, -0.2) is 70.3 Å². The van der Waals surface area contributed by atoms with Crippen molar-refractivity contribution in [1.29, 1.82) is 0 Å². The van der Waals surface area contributed by atoms with E-state index in [4.69, 9.17) is 10.5 Å². The van der Waals surface area contributed by atoms with Crippen molar-refractivity contribution in [2.45, 2.75) is 31.6 Å². The molecule has 0 unspecified atom stereocenters. The van der Waals surface area contributed by atoms with E-state index in [1.807, 2.05) is 4.90 Å². The first-order valence-corrected chi connectivity index (χ1v) is 11.5. The molecule has 3 saturated heterocycles. The lowest BCUT2D eigenvalue weighted by molar-refractivity contribution is -0.108. The fourth-order valence-corrected chi connectivity index (χ4v) is 6.19. The number of aryl methyl sites for hydroxylation is 1. The predicted molar refractivity (Wildman–Crippen MR) is 115 cm³/mol. The van der Waals surface area contributed by atoms with Gasteiger partial charge in [-0.15, -0.1) is 11.3 Å². The first-order chi connectivity index (χ1) is 14.5. The van der Waals surface area contributed by atoms with Crippen molar-refractivity contribution in [3.05, 3.63) is 46.5 Å². The minimum Gasteiger partial charge on any atom is -0.396 e. The van der Waals surface area contributed by atoms with E-state index < -0.39 is 5.60 Å². The molecule has 160 valence electrons. The van der Waals surface area contributed by atoms with Gasteiger partial charge in [0.05, 0.1) is 12.6 Å². The van der Waals surface area contributed by atoms with Crippen molar-refractivity contribution in [2.24, 2.45) is 11.8 Å². The lowest BCUT2D eigenvalue weighted by Crippen LogP contribution is -2.55. The third-order valence-electron chi connectivity index (χ3n) is 6.99. The monoisotopic (exact) mass is 428 g/mol. The molecule has 2 bridgehead atoms. The van der Waals surface area contributed by atoms with Gasteiger partial charge in [-0.25, -0.2) is 4.98 Å². The van der Waals surface area contributed by atoms with Crippen LogP contribution < -0.4 is 5.73 Å². The third-order valence-corrected chi connectivity index (χ3v) is 7.67. The number of hydrogen-bond acceptors (Lipinski definition) is 7. The molecule has 1 aromatic heterocycles. The summed E-state index contributed by atoms with van der Waals surface area (Å²) in [7, 11) is 0. The Kier molecular flexibility index (Phi) is 5.05. The van der Waals surface area contributed by atoms with Crippen LogP contribution in [0.15, 0.2) is 29.6 Å². The molecule has 3 aliphatic rings. The maximum Gasteiger partial charge on any atom is 0.273 e. The minimum atomic E-state index is -0.422. The first-order valence-electron chi connectivity index (χ1n) is 10.6. The number of amides is 1. The molecule has 4 heterocycles. The number of rotatable bonds is 5. The number of thiazole rings is 1. The number of nitrogens with two attached hydrogens (primary N) is 1. The van der Waals surface area contributed by atoms with E-state index in [0.717, 1.165) is 26.1 Å². The molecule has 3 fully saturated rings. The Morgan fingerprint density at radius 1 is 1.33 bits per heavy atom. The fraction of sp³-hybridized carbons (Fsp3) is 0.545. The second kappa shape index (κ2) is 7.60. The number of morpholine rings is 1. The van der Waals surface area contributed by atoms with Crippen molar-refractivity contribution >= 4 is 22.4 Å². The molecule has 1 amide bonds. The molecule has 30 heavy (non-hydrogen) atoms. The van der Waals surface area contributed by atoms with Crippen LogP contribution in [0, 0.1) is 11.8 Å². The summed E-state index contributed by atoms with van der Waals surface area (Å²) in [5.74, 6) is 0.178. The molecule has 0 aliphatic carbocycles. The van der Waals surface area contributed by atoms with Crippen LogP contribution >= 0.6 is 11.3 Å². The zero-order valence-corrected chi connectivity index (χ0v) is 18.0. The highest BCUT2D eigenvalue weighted by Crippen LogP contribution is 2.49. The van der Waals surface area contributed by atoms with Crippen LogP contribution in [0.25, 0.3) is 0 Å². The molecule has 1 spiro atoms. The van der Waals surface area contributed by atoms with E-state index in [9.17, 15) is 9.90 Å². The average Bonchev–Trinajstić information content (AvgIpc) is 3.37. The molecular formula is C22H28N4O3S. The Labute approximate surface area is 180 Å². The van der Waals surface area contributed by atoms with E-state index in [1.165, 1.54) is 22.5 Å². The zero-order chi connectivity index (χ0) is 20.9.